The summed E-state index contributed by atoms with van der Waals surface area (Å²) in [5.74, 6) is -0.105. The molecule has 39 heavy (non-hydrogen) atoms. The van der Waals surface area contributed by atoms with Crippen LogP contribution >= 0.6 is 0 Å². The number of nitrogens with zero attached hydrogens (tertiary/aromatic N) is 2. The van der Waals surface area contributed by atoms with Gasteiger partial charge >= 0.3 is 5.97 Å². The fraction of sp³-hybridized carbons (Fsp3) is 0.429. The molecule has 3 N–H and O–H groups in total. The lowest BCUT2D eigenvalue weighted by molar-refractivity contribution is -0.139. The van der Waals surface area contributed by atoms with Gasteiger partial charge < -0.3 is 24.5 Å². The second kappa shape index (κ2) is 13.1. The maximum absolute atomic E-state index is 13.5. The van der Waals surface area contributed by atoms with Crippen molar-refractivity contribution in [1.29, 1.82) is 0 Å². The van der Waals surface area contributed by atoms with E-state index in [4.69, 9.17) is 9.47 Å². The average molecular weight is 557 g/mol. The summed E-state index contributed by atoms with van der Waals surface area (Å²) < 4.78 is 39.8. The highest BCUT2D eigenvalue weighted by atomic mass is 32.2. The molecule has 210 valence electrons. The summed E-state index contributed by atoms with van der Waals surface area (Å²) in [7, 11) is -0.478. The maximum Gasteiger partial charge on any atom is 0.321 e. The number of methoxy groups -OCH3 is 2. The molecule has 2 unspecified atom stereocenters. The lowest BCUT2D eigenvalue weighted by Gasteiger charge is -2.33. The Labute approximate surface area is 229 Å². The third-order valence-electron chi connectivity index (χ3n) is 7.12. The number of rotatable bonds is 13. The molecule has 3 aromatic rings. The average Bonchev–Trinajstić information content (AvgIpc) is 3.48. The number of carboxylic acids is 1. The van der Waals surface area contributed by atoms with E-state index >= 15 is 0 Å². The number of aliphatic carboxylic acids is 1. The van der Waals surface area contributed by atoms with E-state index in [1.165, 1.54) is 0 Å². The molecule has 0 saturated carbocycles. The van der Waals surface area contributed by atoms with E-state index in [1.807, 2.05) is 42.5 Å². The third-order valence-corrected chi connectivity index (χ3v) is 9.16. The van der Waals surface area contributed by atoms with E-state index in [0.29, 0.717) is 24.5 Å². The zero-order valence-corrected chi connectivity index (χ0v) is 23.1. The minimum atomic E-state index is -3.67. The second-order valence-corrected chi connectivity index (χ2v) is 11.9. The number of piperidine rings is 1. The largest absolute Gasteiger partial charge is 0.496 e. The van der Waals surface area contributed by atoms with Crippen LogP contribution in [0.15, 0.2) is 61.2 Å². The van der Waals surface area contributed by atoms with Crippen LogP contribution in [0.2, 0.25) is 0 Å². The van der Waals surface area contributed by atoms with E-state index < -0.39 is 27.2 Å². The molecule has 4 rings (SSSR count). The van der Waals surface area contributed by atoms with Crippen LogP contribution in [0.3, 0.4) is 0 Å². The Morgan fingerprint density at radius 1 is 1.18 bits per heavy atom. The molecule has 1 saturated heterocycles. The van der Waals surface area contributed by atoms with Crippen molar-refractivity contribution < 1.29 is 27.8 Å². The van der Waals surface area contributed by atoms with Gasteiger partial charge in [-0.1, -0.05) is 30.3 Å². The zero-order chi connectivity index (χ0) is 27.8. The van der Waals surface area contributed by atoms with Gasteiger partial charge in [-0.2, -0.15) is 0 Å². The Bertz CT molecular complexity index is 1300. The van der Waals surface area contributed by atoms with Crippen LogP contribution in [0.5, 0.6) is 11.5 Å². The van der Waals surface area contributed by atoms with Gasteiger partial charge in [0.1, 0.15) is 22.9 Å². The first-order valence-corrected chi connectivity index (χ1v) is 14.7. The van der Waals surface area contributed by atoms with Gasteiger partial charge in [-0.05, 0) is 49.1 Å². The molecule has 1 aromatic heterocycles. The van der Waals surface area contributed by atoms with Crippen molar-refractivity contribution in [2.24, 2.45) is 5.92 Å². The number of hydrogen-bond donors (Lipinski definition) is 3. The smallest absolute Gasteiger partial charge is 0.321 e. The Morgan fingerprint density at radius 3 is 2.46 bits per heavy atom. The first kappa shape index (κ1) is 28.6. The predicted octanol–water partition coefficient (Wildman–Crippen LogP) is 2.59. The Morgan fingerprint density at radius 2 is 1.90 bits per heavy atom. The number of aromatic nitrogens is 2. The molecule has 3 atom stereocenters. The van der Waals surface area contributed by atoms with Crippen LogP contribution in [0.25, 0.3) is 11.1 Å². The number of carbonyl (C=O) groups is 1. The molecule has 11 heteroatoms. The van der Waals surface area contributed by atoms with Gasteiger partial charge in [0.25, 0.3) is 0 Å². The third kappa shape index (κ3) is 7.17. The van der Waals surface area contributed by atoms with Gasteiger partial charge in [0.2, 0.25) is 0 Å². The SMILES string of the molecule is COc1cccc(OC)c1-c1ccc(C[C@H](NC(C2CCCNC2)S(=O)(=O)CCn2ccnc2)C(=O)O)cc1. The summed E-state index contributed by atoms with van der Waals surface area (Å²) in [5.41, 5.74) is 2.43. The van der Waals surface area contributed by atoms with Crippen molar-refractivity contribution in [2.75, 3.05) is 33.1 Å². The number of hydrogen-bond acceptors (Lipinski definition) is 8. The molecule has 10 nitrogen and oxygen atoms in total. The van der Waals surface area contributed by atoms with E-state index in [2.05, 4.69) is 15.6 Å². The number of nitrogens with one attached hydrogen (secondary N) is 2. The number of ether oxygens (including phenoxy) is 2. The molecule has 0 spiro atoms. The van der Waals surface area contributed by atoms with Crippen molar-refractivity contribution in [3.63, 3.8) is 0 Å². The maximum atomic E-state index is 13.5. The first-order chi connectivity index (χ1) is 18.8. The van der Waals surface area contributed by atoms with E-state index in [0.717, 1.165) is 29.7 Å². The lowest BCUT2D eigenvalue weighted by Crippen LogP contribution is -2.55. The summed E-state index contributed by atoms with van der Waals surface area (Å²) in [4.78, 5) is 16.3. The second-order valence-electron chi connectivity index (χ2n) is 9.69. The van der Waals surface area contributed by atoms with Crippen LogP contribution in [0.4, 0.5) is 0 Å². The highest BCUT2D eigenvalue weighted by Crippen LogP contribution is 2.38. The van der Waals surface area contributed by atoms with Gasteiger partial charge in [-0.15, -0.1) is 0 Å². The van der Waals surface area contributed by atoms with Gasteiger partial charge in [0.05, 0.1) is 31.9 Å². The summed E-state index contributed by atoms with van der Waals surface area (Å²) in [6.07, 6.45) is 6.56. The monoisotopic (exact) mass is 556 g/mol. The molecule has 0 amide bonds. The zero-order valence-electron chi connectivity index (χ0n) is 22.2. The van der Waals surface area contributed by atoms with E-state index in [1.54, 1.807) is 37.5 Å². The Hall–Kier alpha value is -3.41. The number of benzene rings is 2. The lowest BCUT2D eigenvalue weighted by atomic mass is 9.97. The van der Waals surface area contributed by atoms with Crippen LogP contribution in [-0.4, -0.2) is 73.5 Å². The van der Waals surface area contributed by atoms with Gasteiger partial charge in [-0.3, -0.25) is 10.1 Å². The van der Waals surface area contributed by atoms with Crippen LogP contribution in [0, 0.1) is 5.92 Å². The predicted molar refractivity (Wildman–Crippen MR) is 149 cm³/mol. The van der Waals surface area contributed by atoms with Crippen LogP contribution < -0.4 is 20.1 Å². The standard InChI is InChI=1S/C28H36N4O6S/c1-37-24-6-3-7-25(38-2)26(24)21-10-8-20(9-11-21)17-23(28(33)34)31-27(22-5-4-12-29-18-22)39(35,36)16-15-32-14-13-30-19-32/h3,6-11,13-14,19,22-23,27,29,31H,4-5,12,15-18H2,1-2H3,(H,33,34)/t22?,23-,27?/m0/s1. The molecule has 1 aliphatic rings. The van der Waals surface area contributed by atoms with Crippen molar-refractivity contribution in [2.45, 2.75) is 37.2 Å². The van der Waals surface area contributed by atoms with E-state index in [9.17, 15) is 18.3 Å². The fourth-order valence-corrected chi connectivity index (χ4v) is 6.95. The number of carboxylic acid groups (broad SMARTS) is 1. The Kier molecular flexibility index (Phi) is 9.60. The number of sulfone groups is 1. The first-order valence-electron chi connectivity index (χ1n) is 13.0. The molecule has 0 aliphatic carbocycles. The van der Waals surface area contributed by atoms with E-state index in [-0.39, 0.29) is 24.6 Å². The van der Waals surface area contributed by atoms with Crippen molar-refractivity contribution >= 4 is 15.8 Å². The van der Waals surface area contributed by atoms with Crippen molar-refractivity contribution in [3.05, 3.63) is 66.7 Å². The van der Waals surface area contributed by atoms with Crippen LogP contribution in [0.1, 0.15) is 18.4 Å². The van der Waals surface area contributed by atoms with Gasteiger partial charge in [0, 0.05) is 31.4 Å². The molecule has 0 radical (unpaired) electrons. The van der Waals surface area contributed by atoms with Gasteiger partial charge in [0.15, 0.2) is 9.84 Å². The molecule has 1 fully saturated rings. The normalized spacial score (nSPS) is 17.3. The number of aryl methyl sites for hydroxylation is 1. The minimum absolute atomic E-state index is 0.112. The minimum Gasteiger partial charge on any atom is -0.496 e. The molecular formula is C28H36N4O6S. The molecule has 1 aliphatic heterocycles. The van der Waals surface area contributed by atoms with Crippen LogP contribution in [-0.2, 0) is 27.6 Å². The highest BCUT2D eigenvalue weighted by molar-refractivity contribution is 7.92. The molecule has 0 bridgehead atoms. The topological polar surface area (TPSA) is 132 Å². The van der Waals surface area contributed by atoms with Crippen molar-refractivity contribution in [1.82, 2.24) is 20.2 Å². The molecule has 2 aromatic carbocycles. The van der Waals surface area contributed by atoms with Gasteiger partial charge in [-0.25, -0.2) is 13.4 Å². The summed E-state index contributed by atoms with van der Waals surface area (Å²) >= 11 is 0. The highest BCUT2D eigenvalue weighted by Gasteiger charge is 2.37. The van der Waals surface area contributed by atoms with Crippen molar-refractivity contribution in [3.8, 4) is 22.6 Å². The number of imidazole rings is 1. The molecular weight excluding hydrogens is 520 g/mol. The Balaban J connectivity index is 1.54. The summed E-state index contributed by atoms with van der Waals surface area (Å²) in [6, 6.07) is 11.9. The quantitative estimate of drug-likeness (QED) is 0.291. The fourth-order valence-electron chi connectivity index (χ4n) is 5.04. The molecule has 2 heterocycles. The summed E-state index contributed by atoms with van der Waals surface area (Å²) in [6.45, 7) is 1.60. The summed E-state index contributed by atoms with van der Waals surface area (Å²) in [5, 5.41) is 15.4.